The number of carbonyl (C=O) groups excluding carboxylic acids is 1. The molecule has 1 heterocycles. The summed E-state index contributed by atoms with van der Waals surface area (Å²) in [6.45, 7) is 3.22. The number of benzene rings is 5. The Hall–Kier alpha value is -3.99. The van der Waals surface area contributed by atoms with Gasteiger partial charge in [0.05, 0.1) is 38.0 Å². The zero-order valence-corrected chi connectivity index (χ0v) is 30.1. The van der Waals surface area contributed by atoms with Crippen molar-refractivity contribution in [3.05, 3.63) is 135 Å². The third-order valence-corrected chi connectivity index (χ3v) is 11.5. The van der Waals surface area contributed by atoms with Gasteiger partial charge in [-0.1, -0.05) is 102 Å². The molecular formula is C41H39Cl2N3O2S. The van der Waals surface area contributed by atoms with E-state index in [0.717, 1.165) is 65.7 Å². The molecule has 0 aromatic heterocycles. The molecule has 5 aromatic carbocycles. The Balaban J connectivity index is 1.25. The molecule has 1 amide bonds. The third-order valence-electron chi connectivity index (χ3n) is 9.75. The first kappa shape index (κ1) is 34.9. The average molecular weight is 709 g/mol. The van der Waals surface area contributed by atoms with E-state index >= 15 is 0 Å². The van der Waals surface area contributed by atoms with Crippen LogP contribution < -0.4 is 0 Å². The van der Waals surface area contributed by atoms with Gasteiger partial charge in [0.15, 0.2) is 0 Å². The molecule has 1 aliphatic rings. The smallest absolute Gasteiger partial charge is 0.254 e. The summed E-state index contributed by atoms with van der Waals surface area (Å²) in [6.07, 6.45) is 4.59. The molecule has 49 heavy (non-hydrogen) atoms. The molecule has 1 saturated heterocycles. The second-order valence-corrected chi connectivity index (χ2v) is 15.0. The Morgan fingerprint density at radius 2 is 1.63 bits per heavy atom. The number of piperidine rings is 1. The maximum absolute atomic E-state index is 14.6. The third kappa shape index (κ3) is 7.77. The number of rotatable bonds is 10. The number of nitrogens with zero attached hydrogens (tertiary/aromatic N) is 3. The number of amides is 1. The molecule has 1 aliphatic heterocycles. The van der Waals surface area contributed by atoms with E-state index in [0.29, 0.717) is 39.2 Å². The van der Waals surface area contributed by atoms with Crippen molar-refractivity contribution in [3.8, 4) is 17.2 Å². The van der Waals surface area contributed by atoms with E-state index in [1.54, 1.807) is 11.2 Å². The number of fused-ring (bicyclic) bond motifs is 1. The highest BCUT2D eigenvalue weighted by Crippen LogP contribution is 2.37. The van der Waals surface area contributed by atoms with Crippen LogP contribution in [0.25, 0.3) is 21.9 Å². The van der Waals surface area contributed by atoms with Gasteiger partial charge in [0.1, 0.15) is 0 Å². The van der Waals surface area contributed by atoms with Crippen LogP contribution in [-0.4, -0.2) is 59.4 Å². The van der Waals surface area contributed by atoms with Crippen molar-refractivity contribution in [2.75, 3.05) is 39.5 Å². The van der Waals surface area contributed by atoms with Gasteiger partial charge >= 0.3 is 0 Å². The van der Waals surface area contributed by atoms with Crippen LogP contribution in [0.4, 0.5) is 0 Å². The van der Waals surface area contributed by atoms with Crippen molar-refractivity contribution in [1.82, 2.24) is 9.80 Å². The molecular weight excluding hydrogens is 669 g/mol. The van der Waals surface area contributed by atoms with Gasteiger partial charge in [0.2, 0.25) is 0 Å². The van der Waals surface area contributed by atoms with Gasteiger partial charge in [0, 0.05) is 36.2 Å². The first-order valence-corrected chi connectivity index (χ1v) is 18.9. The lowest BCUT2D eigenvalue weighted by Crippen LogP contribution is -2.36. The predicted molar refractivity (Wildman–Crippen MR) is 202 cm³/mol. The highest BCUT2D eigenvalue weighted by Gasteiger charge is 2.28. The van der Waals surface area contributed by atoms with Crippen LogP contribution in [0, 0.1) is 11.3 Å². The standard InChI is InChI=1S/C41H39Cl2N3O2S/c1-45(41(47)40-35-14-7-6-12-31(35)24-33(26-44)39(40)29-10-4-3-5-11-29)27-32(30-16-17-36(42)37(43)25-30)20-23-46-21-18-28(19-22-46)34-13-8-9-15-38(34)49(2)48/h3-17,24-25,28,32H,18-23,27H2,1-2H3/t32-,49+/m1/s1. The van der Waals surface area contributed by atoms with E-state index in [2.05, 4.69) is 17.0 Å². The van der Waals surface area contributed by atoms with Crippen LogP contribution in [0.2, 0.25) is 10.0 Å². The van der Waals surface area contributed by atoms with E-state index in [9.17, 15) is 14.3 Å². The van der Waals surface area contributed by atoms with E-state index in [1.807, 2.05) is 104 Å². The topological polar surface area (TPSA) is 64.4 Å². The second kappa shape index (κ2) is 15.7. The van der Waals surface area contributed by atoms with E-state index < -0.39 is 10.8 Å². The zero-order valence-electron chi connectivity index (χ0n) is 27.7. The summed E-state index contributed by atoms with van der Waals surface area (Å²) in [5, 5.41) is 12.9. The van der Waals surface area contributed by atoms with Crippen LogP contribution in [-0.2, 0) is 10.8 Å². The van der Waals surface area contributed by atoms with Crippen LogP contribution in [0.5, 0.6) is 0 Å². The second-order valence-electron chi connectivity index (χ2n) is 12.8. The van der Waals surface area contributed by atoms with Gasteiger partial charge in [-0.05, 0) is 96.5 Å². The normalized spacial score (nSPS) is 15.1. The van der Waals surface area contributed by atoms with Crippen molar-refractivity contribution < 1.29 is 9.00 Å². The summed E-state index contributed by atoms with van der Waals surface area (Å²) in [6, 6.07) is 35.5. The number of hydrogen-bond acceptors (Lipinski definition) is 4. The van der Waals surface area contributed by atoms with Gasteiger partial charge < -0.3 is 9.80 Å². The van der Waals surface area contributed by atoms with Crippen LogP contribution in [0.15, 0.2) is 108 Å². The van der Waals surface area contributed by atoms with Crippen LogP contribution in [0.1, 0.15) is 58.1 Å². The fourth-order valence-corrected chi connectivity index (χ4v) is 8.33. The molecule has 6 rings (SSSR count). The minimum absolute atomic E-state index is 0.00438. The van der Waals surface area contributed by atoms with Crippen LogP contribution >= 0.6 is 23.2 Å². The lowest BCUT2D eigenvalue weighted by molar-refractivity contribution is 0.0784. The summed E-state index contributed by atoms with van der Waals surface area (Å²) in [7, 11) is 0.830. The molecule has 250 valence electrons. The molecule has 8 heteroatoms. The fourth-order valence-electron chi connectivity index (χ4n) is 7.18. The van der Waals surface area contributed by atoms with E-state index in [-0.39, 0.29) is 11.8 Å². The minimum atomic E-state index is -1.01. The number of nitriles is 1. The molecule has 1 fully saturated rings. The Kier molecular flexibility index (Phi) is 11.2. The fraction of sp³-hybridized carbons (Fsp3) is 0.268. The average Bonchev–Trinajstić information content (AvgIpc) is 3.13. The monoisotopic (exact) mass is 707 g/mol. The maximum Gasteiger partial charge on any atom is 0.254 e. The number of carbonyl (C=O) groups is 1. The largest absolute Gasteiger partial charge is 0.341 e. The highest BCUT2D eigenvalue weighted by molar-refractivity contribution is 7.84. The molecule has 5 nitrogen and oxygen atoms in total. The predicted octanol–water partition coefficient (Wildman–Crippen LogP) is 9.55. The maximum atomic E-state index is 14.6. The lowest BCUT2D eigenvalue weighted by Gasteiger charge is -2.34. The van der Waals surface area contributed by atoms with Gasteiger partial charge in [-0.2, -0.15) is 5.26 Å². The van der Waals surface area contributed by atoms with Gasteiger partial charge in [-0.25, -0.2) is 0 Å². The number of likely N-dealkylation sites (tertiary alicyclic amines) is 1. The number of hydrogen-bond donors (Lipinski definition) is 0. The SMILES string of the molecule is CN(C[C@@H](CCN1CCC(c2ccccc2[S@](C)=O)CC1)c1ccc(Cl)c(Cl)c1)C(=O)c1c(-c2ccccc2)c(C#N)cc2ccccc12. The molecule has 0 aliphatic carbocycles. The van der Waals surface area contributed by atoms with E-state index in [1.165, 1.54) is 5.56 Å². The molecule has 5 aromatic rings. The van der Waals surface area contributed by atoms with Crippen molar-refractivity contribution in [1.29, 1.82) is 5.26 Å². The summed E-state index contributed by atoms with van der Waals surface area (Å²) in [5.41, 5.74) is 4.73. The first-order valence-electron chi connectivity index (χ1n) is 16.6. The van der Waals surface area contributed by atoms with Gasteiger partial charge in [-0.3, -0.25) is 9.00 Å². The molecule has 0 bridgehead atoms. The Morgan fingerprint density at radius 1 is 0.939 bits per heavy atom. The Labute approximate surface area is 301 Å². The number of halogens is 2. The molecule has 0 N–H and O–H groups in total. The molecule has 0 radical (unpaired) electrons. The minimum Gasteiger partial charge on any atom is -0.341 e. The van der Waals surface area contributed by atoms with Crippen molar-refractivity contribution >= 4 is 50.7 Å². The van der Waals surface area contributed by atoms with E-state index in [4.69, 9.17) is 23.2 Å². The highest BCUT2D eigenvalue weighted by atomic mass is 35.5. The molecule has 0 spiro atoms. The molecule has 0 saturated carbocycles. The van der Waals surface area contributed by atoms with Crippen molar-refractivity contribution in [3.63, 3.8) is 0 Å². The lowest BCUT2D eigenvalue weighted by atomic mass is 9.88. The zero-order chi connectivity index (χ0) is 34.5. The summed E-state index contributed by atoms with van der Waals surface area (Å²) in [5.74, 6) is 0.254. The molecule has 0 unspecified atom stereocenters. The Morgan fingerprint density at radius 3 is 2.35 bits per heavy atom. The van der Waals surface area contributed by atoms with Crippen molar-refractivity contribution in [2.24, 2.45) is 0 Å². The quantitative estimate of drug-likeness (QED) is 0.145. The first-order chi connectivity index (χ1) is 23.7. The summed E-state index contributed by atoms with van der Waals surface area (Å²) in [4.78, 5) is 19.8. The van der Waals surface area contributed by atoms with Crippen molar-refractivity contribution in [2.45, 2.75) is 36.0 Å². The molecule has 2 atom stereocenters. The van der Waals surface area contributed by atoms with Crippen LogP contribution in [0.3, 0.4) is 0 Å². The Bertz CT molecular complexity index is 2040. The van der Waals surface area contributed by atoms with Gasteiger partial charge in [-0.15, -0.1) is 0 Å². The van der Waals surface area contributed by atoms with Gasteiger partial charge in [0.25, 0.3) is 5.91 Å². The summed E-state index contributed by atoms with van der Waals surface area (Å²) < 4.78 is 12.4. The number of likely N-dealkylation sites (N-methyl/N-ethyl adjacent to an activating group) is 1. The summed E-state index contributed by atoms with van der Waals surface area (Å²) >= 11 is 12.8.